The van der Waals surface area contributed by atoms with E-state index in [1.165, 1.54) is 11.1 Å². The van der Waals surface area contributed by atoms with E-state index in [4.69, 9.17) is 5.73 Å². The van der Waals surface area contributed by atoms with E-state index >= 15 is 0 Å². The standard InChI is InChI=1S/C15H23NO/c1-12(2)15(17)9-8-14-6-3-5-13(11-14)7-4-10-16/h3,5-6,9,11-12,17H,4,7-8,10,16H2,1-2H3/b15-9-. The van der Waals surface area contributed by atoms with Crippen LogP contribution in [-0.4, -0.2) is 11.7 Å². The fourth-order valence-electron chi connectivity index (χ4n) is 1.68. The molecule has 0 amide bonds. The van der Waals surface area contributed by atoms with Crippen LogP contribution in [0.4, 0.5) is 0 Å². The second-order valence-electron chi connectivity index (χ2n) is 4.70. The molecule has 0 spiro atoms. The molecule has 0 fully saturated rings. The second kappa shape index (κ2) is 7.13. The van der Waals surface area contributed by atoms with E-state index in [9.17, 15) is 5.11 Å². The van der Waals surface area contributed by atoms with Crippen LogP contribution in [0.3, 0.4) is 0 Å². The summed E-state index contributed by atoms with van der Waals surface area (Å²) in [6.07, 6.45) is 4.74. The van der Waals surface area contributed by atoms with Crippen LogP contribution in [0.5, 0.6) is 0 Å². The third kappa shape index (κ3) is 5.05. The van der Waals surface area contributed by atoms with E-state index < -0.39 is 0 Å². The van der Waals surface area contributed by atoms with Crippen molar-refractivity contribution in [3.63, 3.8) is 0 Å². The van der Waals surface area contributed by atoms with Crippen molar-refractivity contribution in [1.82, 2.24) is 0 Å². The van der Waals surface area contributed by atoms with Crippen molar-refractivity contribution in [2.45, 2.75) is 33.1 Å². The van der Waals surface area contributed by atoms with E-state index in [0.717, 1.165) is 25.8 Å². The van der Waals surface area contributed by atoms with Gasteiger partial charge >= 0.3 is 0 Å². The van der Waals surface area contributed by atoms with Crippen molar-refractivity contribution >= 4 is 0 Å². The van der Waals surface area contributed by atoms with Crippen LogP contribution < -0.4 is 5.73 Å². The average Bonchev–Trinajstić information content (AvgIpc) is 2.33. The lowest BCUT2D eigenvalue weighted by Crippen LogP contribution is -2.00. The first-order valence-corrected chi connectivity index (χ1v) is 6.30. The highest BCUT2D eigenvalue weighted by atomic mass is 16.3. The molecule has 1 aromatic carbocycles. The van der Waals surface area contributed by atoms with Crippen molar-refractivity contribution in [1.29, 1.82) is 0 Å². The Kier molecular flexibility index (Phi) is 5.78. The van der Waals surface area contributed by atoms with Crippen molar-refractivity contribution in [2.75, 3.05) is 6.54 Å². The van der Waals surface area contributed by atoms with Gasteiger partial charge in [0.15, 0.2) is 0 Å². The number of rotatable bonds is 6. The first kappa shape index (κ1) is 13.8. The van der Waals surface area contributed by atoms with Gasteiger partial charge in [-0.3, -0.25) is 0 Å². The van der Waals surface area contributed by atoms with E-state index in [1.54, 1.807) is 0 Å². The molecule has 0 aromatic heterocycles. The molecule has 0 saturated heterocycles. The molecule has 0 aliphatic rings. The fraction of sp³-hybridized carbons (Fsp3) is 0.467. The summed E-state index contributed by atoms with van der Waals surface area (Å²) < 4.78 is 0. The van der Waals surface area contributed by atoms with Crippen LogP contribution in [0, 0.1) is 5.92 Å². The molecule has 1 rings (SSSR count). The number of hydrogen-bond acceptors (Lipinski definition) is 2. The van der Waals surface area contributed by atoms with Crippen molar-refractivity contribution in [3.05, 3.63) is 47.2 Å². The van der Waals surface area contributed by atoms with Crippen molar-refractivity contribution in [2.24, 2.45) is 11.7 Å². The average molecular weight is 233 g/mol. The Bertz CT molecular complexity index is 369. The van der Waals surface area contributed by atoms with Crippen LogP contribution >= 0.6 is 0 Å². The van der Waals surface area contributed by atoms with E-state index in [0.29, 0.717) is 5.76 Å². The maximum atomic E-state index is 9.64. The zero-order chi connectivity index (χ0) is 12.7. The Morgan fingerprint density at radius 3 is 2.71 bits per heavy atom. The molecule has 0 aliphatic heterocycles. The lowest BCUT2D eigenvalue weighted by molar-refractivity contribution is 0.349. The number of allylic oxidation sites excluding steroid dienone is 2. The van der Waals surface area contributed by atoms with Crippen molar-refractivity contribution < 1.29 is 5.11 Å². The molecular formula is C15H23NO. The van der Waals surface area contributed by atoms with E-state index in [-0.39, 0.29) is 5.92 Å². The van der Waals surface area contributed by atoms with Crippen LogP contribution in [0.15, 0.2) is 36.1 Å². The Morgan fingerprint density at radius 2 is 2.06 bits per heavy atom. The molecule has 17 heavy (non-hydrogen) atoms. The molecule has 0 bridgehead atoms. The Morgan fingerprint density at radius 1 is 1.35 bits per heavy atom. The van der Waals surface area contributed by atoms with Gasteiger partial charge in [0.25, 0.3) is 0 Å². The SMILES string of the molecule is CC(C)/C(O)=C/Cc1cccc(CCCN)c1. The molecule has 1 aromatic rings. The summed E-state index contributed by atoms with van der Waals surface area (Å²) in [6.45, 7) is 4.71. The van der Waals surface area contributed by atoms with Crippen molar-refractivity contribution in [3.8, 4) is 0 Å². The van der Waals surface area contributed by atoms with Gasteiger partial charge in [-0.25, -0.2) is 0 Å². The van der Waals surface area contributed by atoms with Gasteiger partial charge in [-0.15, -0.1) is 0 Å². The summed E-state index contributed by atoms with van der Waals surface area (Å²) in [5.74, 6) is 0.674. The van der Waals surface area contributed by atoms with Gasteiger partial charge in [-0.05, 0) is 43.0 Å². The highest BCUT2D eigenvalue weighted by Crippen LogP contribution is 2.11. The minimum atomic E-state index is 0.204. The fourth-order valence-corrected chi connectivity index (χ4v) is 1.68. The topological polar surface area (TPSA) is 46.2 Å². The summed E-state index contributed by atoms with van der Waals surface area (Å²) in [5.41, 5.74) is 8.07. The third-order valence-electron chi connectivity index (χ3n) is 2.80. The molecule has 0 heterocycles. The van der Waals surface area contributed by atoms with Crippen LogP contribution in [0.1, 0.15) is 31.4 Å². The molecular weight excluding hydrogens is 210 g/mol. The van der Waals surface area contributed by atoms with Crippen LogP contribution in [0.2, 0.25) is 0 Å². The summed E-state index contributed by atoms with van der Waals surface area (Å²) in [5, 5.41) is 9.64. The Hall–Kier alpha value is -1.28. The molecule has 0 saturated carbocycles. The molecule has 0 atom stereocenters. The molecule has 2 heteroatoms. The number of aliphatic hydroxyl groups is 1. The number of benzene rings is 1. The van der Waals surface area contributed by atoms with E-state index in [1.807, 2.05) is 19.9 Å². The van der Waals surface area contributed by atoms with Crippen LogP contribution in [-0.2, 0) is 12.8 Å². The van der Waals surface area contributed by atoms with Gasteiger partial charge in [0.2, 0.25) is 0 Å². The van der Waals surface area contributed by atoms with Gasteiger partial charge in [0.1, 0.15) is 0 Å². The highest BCUT2D eigenvalue weighted by Gasteiger charge is 2.00. The largest absolute Gasteiger partial charge is 0.512 e. The predicted octanol–water partition coefficient (Wildman–Crippen LogP) is 3.22. The first-order valence-electron chi connectivity index (χ1n) is 6.30. The van der Waals surface area contributed by atoms with Crippen LogP contribution in [0.25, 0.3) is 0 Å². The first-order chi connectivity index (χ1) is 8.13. The van der Waals surface area contributed by atoms with Gasteiger partial charge in [-0.2, -0.15) is 0 Å². The summed E-state index contributed by atoms with van der Waals surface area (Å²) in [7, 11) is 0. The lowest BCUT2D eigenvalue weighted by atomic mass is 10.0. The maximum Gasteiger partial charge on any atom is 0.0911 e. The zero-order valence-corrected chi connectivity index (χ0v) is 10.8. The van der Waals surface area contributed by atoms with Gasteiger partial charge in [0.05, 0.1) is 5.76 Å². The molecule has 94 valence electrons. The predicted molar refractivity (Wildman–Crippen MR) is 73.1 cm³/mol. The third-order valence-corrected chi connectivity index (χ3v) is 2.80. The van der Waals surface area contributed by atoms with Gasteiger partial charge < -0.3 is 10.8 Å². The lowest BCUT2D eigenvalue weighted by Gasteiger charge is -2.05. The number of nitrogens with two attached hydrogens (primary N) is 1. The highest BCUT2D eigenvalue weighted by molar-refractivity contribution is 5.25. The molecule has 2 nitrogen and oxygen atoms in total. The minimum absolute atomic E-state index is 0.204. The van der Waals surface area contributed by atoms with E-state index in [2.05, 4.69) is 24.3 Å². The summed E-state index contributed by atoms with van der Waals surface area (Å²) in [4.78, 5) is 0. The maximum absolute atomic E-state index is 9.64. The number of aliphatic hydroxyl groups excluding tert-OH is 1. The monoisotopic (exact) mass is 233 g/mol. The number of aryl methyl sites for hydroxylation is 1. The molecule has 0 unspecified atom stereocenters. The quantitative estimate of drug-likeness (QED) is 0.741. The zero-order valence-electron chi connectivity index (χ0n) is 10.8. The molecule has 0 radical (unpaired) electrons. The smallest absolute Gasteiger partial charge is 0.0911 e. The summed E-state index contributed by atoms with van der Waals surface area (Å²) >= 11 is 0. The summed E-state index contributed by atoms with van der Waals surface area (Å²) in [6, 6.07) is 8.49. The van der Waals surface area contributed by atoms with Gasteiger partial charge in [-0.1, -0.05) is 38.1 Å². The molecule has 0 aliphatic carbocycles. The minimum Gasteiger partial charge on any atom is -0.512 e. The molecule has 3 N–H and O–H groups in total. The Labute approximate surface area is 104 Å². The Balaban J connectivity index is 2.62. The van der Waals surface area contributed by atoms with Gasteiger partial charge in [0, 0.05) is 5.92 Å². The number of hydrogen-bond donors (Lipinski definition) is 2. The normalized spacial score (nSPS) is 12.1. The second-order valence-corrected chi connectivity index (χ2v) is 4.70.